The first-order valence-electron chi connectivity index (χ1n) is 8.44. The second-order valence-corrected chi connectivity index (χ2v) is 6.07. The lowest BCUT2D eigenvalue weighted by atomic mass is 9.89. The molecule has 0 spiro atoms. The second-order valence-electron chi connectivity index (χ2n) is 6.07. The van der Waals surface area contributed by atoms with Gasteiger partial charge in [0.25, 0.3) is 0 Å². The lowest BCUT2D eigenvalue weighted by Gasteiger charge is -2.26. The van der Waals surface area contributed by atoms with Crippen LogP contribution in [0.1, 0.15) is 37.3 Å². The zero-order valence-electron chi connectivity index (χ0n) is 13.9. The van der Waals surface area contributed by atoms with Crippen molar-refractivity contribution in [2.24, 2.45) is 0 Å². The van der Waals surface area contributed by atoms with E-state index >= 15 is 0 Å². The van der Waals surface area contributed by atoms with Gasteiger partial charge in [-0.3, -0.25) is 0 Å². The van der Waals surface area contributed by atoms with E-state index in [9.17, 15) is 0 Å². The van der Waals surface area contributed by atoms with E-state index in [0.717, 1.165) is 24.5 Å². The van der Waals surface area contributed by atoms with Gasteiger partial charge in [-0.2, -0.15) is 0 Å². The van der Waals surface area contributed by atoms with Crippen molar-refractivity contribution in [3.63, 3.8) is 0 Å². The fourth-order valence-electron chi connectivity index (χ4n) is 3.19. The predicted octanol–water partition coefficient (Wildman–Crippen LogP) is 4.13. The van der Waals surface area contributed by atoms with Crippen LogP contribution in [0, 0.1) is 0 Å². The molecule has 1 N–H and O–H groups in total. The average Bonchev–Trinajstić information content (AvgIpc) is 2.61. The van der Waals surface area contributed by atoms with E-state index in [1.807, 2.05) is 6.07 Å². The van der Waals surface area contributed by atoms with Gasteiger partial charge in [0.05, 0.1) is 0 Å². The summed E-state index contributed by atoms with van der Waals surface area (Å²) in [6.45, 7) is 6.66. The number of ether oxygens (including phenoxy) is 2. The molecule has 2 unspecified atom stereocenters. The quantitative estimate of drug-likeness (QED) is 0.870. The van der Waals surface area contributed by atoms with E-state index in [-0.39, 0.29) is 0 Å². The van der Waals surface area contributed by atoms with Crippen LogP contribution >= 0.6 is 0 Å². The zero-order chi connectivity index (χ0) is 16.1. The Balaban J connectivity index is 1.68. The van der Waals surface area contributed by atoms with E-state index in [1.165, 1.54) is 11.1 Å². The summed E-state index contributed by atoms with van der Waals surface area (Å²) in [5.41, 5.74) is 2.63. The standard InChI is InChI=1S/C20H25NO2/c1-3-18(15(2)21-14-16-7-5-4-6-8-16)17-9-10-19-20(13-17)23-12-11-22-19/h4-10,13,15,18,21H,3,11-12,14H2,1-2H3. The highest BCUT2D eigenvalue weighted by Gasteiger charge is 2.20. The Morgan fingerprint density at radius 2 is 1.74 bits per heavy atom. The molecule has 3 heteroatoms. The molecule has 0 amide bonds. The predicted molar refractivity (Wildman–Crippen MR) is 93.2 cm³/mol. The molecular formula is C20H25NO2. The maximum absolute atomic E-state index is 5.72. The van der Waals surface area contributed by atoms with Crippen LogP contribution in [0.15, 0.2) is 48.5 Å². The first-order valence-corrected chi connectivity index (χ1v) is 8.44. The first-order chi connectivity index (χ1) is 11.3. The first kappa shape index (κ1) is 15.9. The normalized spacial score (nSPS) is 15.9. The van der Waals surface area contributed by atoms with Gasteiger partial charge in [-0.25, -0.2) is 0 Å². The lowest BCUT2D eigenvalue weighted by molar-refractivity contribution is 0.171. The summed E-state index contributed by atoms with van der Waals surface area (Å²) in [7, 11) is 0. The van der Waals surface area contributed by atoms with E-state index in [2.05, 4.69) is 61.6 Å². The zero-order valence-corrected chi connectivity index (χ0v) is 13.9. The molecule has 0 aromatic heterocycles. The third-order valence-corrected chi connectivity index (χ3v) is 4.51. The van der Waals surface area contributed by atoms with Crippen LogP contribution in [0.2, 0.25) is 0 Å². The topological polar surface area (TPSA) is 30.5 Å². The van der Waals surface area contributed by atoms with Gasteiger partial charge in [0.1, 0.15) is 13.2 Å². The Bertz CT molecular complexity index is 627. The maximum atomic E-state index is 5.72. The molecule has 2 atom stereocenters. The molecule has 1 aliphatic rings. The summed E-state index contributed by atoms with van der Waals surface area (Å²) in [4.78, 5) is 0. The number of fused-ring (bicyclic) bond motifs is 1. The molecule has 23 heavy (non-hydrogen) atoms. The minimum atomic E-state index is 0.391. The fourth-order valence-corrected chi connectivity index (χ4v) is 3.19. The SMILES string of the molecule is CCC(c1ccc2c(c1)OCCO2)C(C)NCc1ccccc1. The monoisotopic (exact) mass is 311 g/mol. The maximum Gasteiger partial charge on any atom is 0.161 e. The highest BCUT2D eigenvalue weighted by molar-refractivity contribution is 5.45. The van der Waals surface area contributed by atoms with Gasteiger partial charge in [-0.15, -0.1) is 0 Å². The highest BCUT2D eigenvalue weighted by atomic mass is 16.6. The molecule has 1 heterocycles. The molecule has 0 radical (unpaired) electrons. The van der Waals surface area contributed by atoms with Crippen LogP contribution < -0.4 is 14.8 Å². The van der Waals surface area contributed by atoms with Crippen LogP contribution in [-0.4, -0.2) is 19.3 Å². The third-order valence-electron chi connectivity index (χ3n) is 4.51. The number of hydrogen-bond donors (Lipinski definition) is 1. The highest BCUT2D eigenvalue weighted by Crippen LogP contribution is 2.35. The minimum absolute atomic E-state index is 0.391. The van der Waals surface area contributed by atoms with Crippen molar-refractivity contribution in [1.29, 1.82) is 0 Å². The second kappa shape index (κ2) is 7.51. The number of hydrogen-bond acceptors (Lipinski definition) is 3. The number of rotatable bonds is 6. The summed E-state index contributed by atoms with van der Waals surface area (Å²) in [5.74, 6) is 2.19. The molecule has 122 valence electrons. The minimum Gasteiger partial charge on any atom is -0.486 e. The summed E-state index contributed by atoms with van der Waals surface area (Å²) >= 11 is 0. The molecule has 2 aromatic carbocycles. The van der Waals surface area contributed by atoms with E-state index in [1.54, 1.807) is 0 Å². The molecule has 0 fully saturated rings. The summed E-state index contributed by atoms with van der Waals surface area (Å²) < 4.78 is 11.3. The van der Waals surface area contributed by atoms with Crippen molar-refractivity contribution in [3.05, 3.63) is 59.7 Å². The van der Waals surface area contributed by atoms with Crippen LogP contribution in [0.5, 0.6) is 11.5 Å². The molecule has 1 aliphatic heterocycles. The molecule has 0 aliphatic carbocycles. The summed E-state index contributed by atoms with van der Waals surface area (Å²) in [6, 6.07) is 17.3. The van der Waals surface area contributed by atoms with E-state index < -0.39 is 0 Å². The van der Waals surface area contributed by atoms with Gasteiger partial charge in [-0.05, 0) is 42.5 Å². The smallest absolute Gasteiger partial charge is 0.161 e. The van der Waals surface area contributed by atoms with Gasteiger partial charge >= 0.3 is 0 Å². The van der Waals surface area contributed by atoms with Crippen LogP contribution in [-0.2, 0) is 6.54 Å². The number of nitrogens with one attached hydrogen (secondary N) is 1. The van der Waals surface area contributed by atoms with Crippen LogP contribution in [0.25, 0.3) is 0 Å². The van der Waals surface area contributed by atoms with Gasteiger partial charge < -0.3 is 14.8 Å². The Morgan fingerprint density at radius 3 is 2.48 bits per heavy atom. The van der Waals surface area contributed by atoms with Crippen molar-refractivity contribution in [3.8, 4) is 11.5 Å². The van der Waals surface area contributed by atoms with Crippen molar-refractivity contribution in [1.82, 2.24) is 5.32 Å². The largest absolute Gasteiger partial charge is 0.486 e. The molecule has 2 aromatic rings. The van der Waals surface area contributed by atoms with Crippen LogP contribution in [0.4, 0.5) is 0 Å². The van der Waals surface area contributed by atoms with Crippen molar-refractivity contribution in [2.75, 3.05) is 13.2 Å². The molecule has 3 rings (SSSR count). The number of benzene rings is 2. The van der Waals surface area contributed by atoms with Gasteiger partial charge in [0.15, 0.2) is 11.5 Å². The molecule has 0 saturated heterocycles. The van der Waals surface area contributed by atoms with Gasteiger partial charge in [0.2, 0.25) is 0 Å². The third kappa shape index (κ3) is 3.85. The average molecular weight is 311 g/mol. The van der Waals surface area contributed by atoms with E-state index in [4.69, 9.17) is 9.47 Å². The molecular weight excluding hydrogens is 286 g/mol. The van der Waals surface area contributed by atoms with Crippen LogP contribution in [0.3, 0.4) is 0 Å². The Hall–Kier alpha value is -2.00. The Labute approximate surface area is 138 Å². The Morgan fingerprint density at radius 1 is 1.00 bits per heavy atom. The van der Waals surface area contributed by atoms with Crippen molar-refractivity contribution >= 4 is 0 Å². The van der Waals surface area contributed by atoms with Crippen molar-refractivity contribution in [2.45, 2.75) is 38.8 Å². The Kier molecular flexibility index (Phi) is 5.19. The molecule has 3 nitrogen and oxygen atoms in total. The summed E-state index contributed by atoms with van der Waals surface area (Å²) in [5, 5.41) is 3.66. The van der Waals surface area contributed by atoms with E-state index in [0.29, 0.717) is 25.2 Å². The van der Waals surface area contributed by atoms with Crippen molar-refractivity contribution < 1.29 is 9.47 Å². The summed E-state index contributed by atoms with van der Waals surface area (Å²) in [6.07, 6.45) is 1.09. The lowest BCUT2D eigenvalue weighted by Crippen LogP contribution is -2.31. The molecule has 0 saturated carbocycles. The molecule has 0 bridgehead atoms. The van der Waals surface area contributed by atoms with Gasteiger partial charge in [0, 0.05) is 12.6 Å². The fraction of sp³-hybridized carbons (Fsp3) is 0.400. The van der Waals surface area contributed by atoms with Gasteiger partial charge in [-0.1, -0.05) is 43.3 Å².